The highest BCUT2D eigenvalue weighted by Gasteiger charge is 2.21. The number of imidazole rings is 1. The number of alkyl carbamates (subject to hydrolysis) is 1. The van der Waals surface area contributed by atoms with E-state index in [-0.39, 0.29) is 30.4 Å². The number of anilines is 2. The maximum Gasteiger partial charge on any atom is 0.407 e. The zero-order valence-electron chi connectivity index (χ0n) is 23.8. The molecule has 0 saturated carbocycles. The van der Waals surface area contributed by atoms with Crippen LogP contribution in [0.5, 0.6) is 0 Å². The van der Waals surface area contributed by atoms with Gasteiger partial charge in [-0.05, 0) is 51.0 Å². The molecule has 0 unspecified atom stereocenters. The standard InChI is InChI=1S/C28H34F2N8O4/c1-5-17-14-18(6-7-19(17)26(39)32-9-12-41-13-10-33-27(40)42-28(2,3)4)36-24-25-34-16-21(38(25)11-8-31-24)20-15-35-37-22(20)23(29)30/h6-8,11,14-16,23H,5,9-10,12-13H2,1-4H3,(H,31,36)(H,32,39)(H,33,40)(H,35,37). The number of ether oxygens (including phenoxy) is 2. The minimum Gasteiger partial charge on any atom is -0.444 e. The van der Waals surface area contributed by atoms with Crippen molar-refractivity contribution >= 4 is 29.2 Å². The van der Waals surface area contributed by atoms with Gasteiger partial charge in [-0.1, -0.05) is 6.92 Å². The van der Waals surface area contributed by atoms with E-state index in [1.54, 1.807) is 49.7 Å². The third-order valence-corrected chi connectivity index (χ3v) is 6.02. The first-order chi connectivity index (χ1) is 20.1. The van der Waals surface area contributed by atoms with Crippen LogP contribution in [-0.4, -0.2) is 68.5 Å². The molecular formula is C28H34F2N8O4. The summed E-state index contributed by atoms with van der Waals surface area (Å²) in [5.74, 6) is 0.186. The number of aryl methyl sites for hydroxylation is 1. The minimum absolute atomic E-state index is 0.234. The first kappa shape index (κ1) is 30.4. The van der Waals surface area contributed by atoms with Crippen LogP contribution in [0.4, 0.5) is 25.1 Å². The van der Waals surface area contributed by atoms with E-state index in [2.05, 4.69) is 36.1 Å². The normalized spacial score (nSPS) is 11.6. The number of carbonyl (C=O) groups is 2. The molecule has 14 heteroatoms. The highest BCUT2D eigenvalue weighted by molar-refractivity contribution is 5.96. The van der Waals surface area contributed by atoms with Crippen LogP contribution in [0.15, 0.2) is 43.0 Å². The van der Waals surface area contributed by atoms with Crippen molar-refractivity contribution in [2.45, 2.75) is 46.1 Å². The number of nitrogens with one attached hydrogen (secondary N) is 4. The monoisotopic (exact) mass is 584 g/mol. The maximum absolute atomic E-state index is 13.4. The Balaban J connectivity index is 1.34. The summed E-state index contributed by atoms with van der Waals surface area (Å²) >= 11 is 0. The van der Waals surface area contributed by atoms with Gasteiger partial charge in [0.25, 0.3) is 12.3 Å². The average molecular weight is 585 g/mol. The van der Waals surface area contributed by atoms with E-state index in [9.17, 15) is 18.4 Å². The van der Waals surface area contributed by atoms with Crippen molar-refractivity contribution in [2.24, 2.45) is 0 Å². The molecule has 0 fully saturated rings. The molecule has 0 saturated heterocycles. The Labute approximate surface area is 241 Å². The van der Waals surface area contributed by atoms with Crippen LogP contribution in [0.25, 0.3) is 16.9 Å². The SMILES string of the molecule is CCc1cc(Nc2nccn3c(-c4c[nH]nc4C(F)F)cnc23)ccc1C(=O)NCCOCCNC(=O)OC(C)(C)C. The van der Waals surface area contributed by atoms with Crippen LogP contribution in [0.1, 0.15) is 55.7 Å². The zero-order valence-corrected chi connectivity index (χ0v) is 23.8. The lowest BCUT2D eigenvalue weighted by Crippen LogP contribution is -2.34. The lowest BCUT2D eigenvalue weighted by atomic mass is 10.0. The summed E-state index contributed by atoms with van der Waals surface area (Å²) in [5, 5.41) is 14.8. The number of halogens is 2. The quantitative estimate of drug-likeness (QED) is 0.176. The Morgan fingerprint density at radius 1 is 1.12 bits per heavy atom. The van der Waals surface area contributed by atoms with E-state index < -0.39 is 18.1 Å². The van der Waals surface area contributed by atoms with Crippen LogP contribution in [0, 0.1) is 0 Å². The van der Waals surface area contributed by atoms with Crippen LogP contribution < -0.4 is 16.0 Å². The average Bonchev–Trinajstić information content (AvgIpc) is 3.59. The zero-order chi connectivity index (χ0) is 30.3. The number of aromatic amines is 1. The van der Waals surface area contributed by atoms with Gasteiger partial charge in [-0.15, -0.1) is 0 Å². The number of benzene rings is 1. The van der Waals surface area contributed by atoms with Gasteiger partial charge < -0.3 is 25.4 Å². The van der Waals surface area contributed by atoms with Crippen molar-refractivity contribution in [3.05, 3.63) is 59.8 Å². The number of carbonyl (C=O) groups excluding carboxylic acids is 2. The van der Waals surface area contributed by atoms with Crippen LogP contribution >= 0.6 is 0 Å². The molecule has 0 bridgehead atoms. The second kappa shape index (κ2) is 13.4. The number of hydrogen-bond donors (Lipinski definition) is 4. The fourth-order valence-corrected chi connectivity index (χ4v) is 4.17. The van der Waals surface area contributed by atoms with E-state index in [4.69, 9.17) is 9.47 Å². The van der Waals surface area contributed by atoms with Crippen LogP contribution in [0.2, 0.25) is 0 Å². The van der Waals surface area contributed by atoms with Crippen molar-refractivity contribution in [1.29, 1.82) is 0 Å². The number of aromatic nitrogens is 5. The lowest BCUT2D eigenvalue weighted by molar-refractivity contribution is 0.0500. The van der Waals surface area contributed by atoms with Gasteiger partial charge in [0, 0.05) is 48.5 Å². The Kier molecular flexibility index (Phi) is 9.68. The number of alkyl halides is 2. The lowest BCUT2D eigenvalue weighted by Gasteiger charge is -2.19. The van der Waals surface area contributed by atoms with Crippen molar-refractivity contribution in [3.63, 3.8) is 0 Å². The molecule has 0 aliphatic rings. The van der Waals surface area contributed by atoms with E-state index in [1.165, 1.54) is 12.4 Å². The molecule has 4 rings (SSSR count). The number of rotatable bonds is 12. The number of hydrogen-bond acceptors (Lipinski definition) is 8. The van der Waals surface area contributed by atoms with E-state index in [1.807, 2.05) is 13.0 Å². The molecule has 2 amide bonds. The fraction of sp³-hybridized carbons (Fsp3) is 0.393. The van der Waals surface area contributed by atoms with Gasteiger partial charge in [0.15, 0.2) is 11.5 Å². The van der Waals surface area contributed by atoms with Gasteiger partial charge in [0.2, 0.25) is 0 Å². The molecule has 0 spiro atoms. The maximum atomic E-state index is 13.4. The van der Waals surface area contributed by atoms with E-state index in [0.717, 1.165) is 5.56 Å². The summed E-state index contributed by atoms with van der Waals surface area (Å²) < 4.78 is 39.1. The topological polar surface area (TPSA) is 148 Å². The van der Waals surface area contributed by atoms with Crippen LogP contribution in [0.3, 0.4) is 0 Å². The predicted molar refractivity (Wildman–Crippen MR) is 152 cm³/mol. The molecule has 12 nitrogen and oxygen atoms in total. The Morgan fingerprint density at radius 3 is 2.60 bits per heavy atom. The third kappa shape index (κ3) is 7.57. The summed E-state index contributed by atoms with van der Waals surface area (Å²) in [5.41, 5.74) is 2.25. The molecule has 0 aliphatic carbocycles. The molecule has 224 valence electrons. The largest absolute Gasteiger partial charge is 0.444 e. The van der Waals surface area contributed by atoms with Crippen molar-refractivity contribution in [2.75, 3.05) is 31.6 Å². The second-order valence-corrected chi connectivity index (χ2v) is 10.2. The number of fused-ring (bicyclic) bond motifs is 1. The third-order valence-electron chi connectivity index (χ3n) is 6.02. The Bertz CT molecular complexity index is 1530. The molecule has 3 heterocycles. The van der Waals surface area contributed by atoms with Crippen molar-refractivity contribution in [1.82, 2.24) is 35.2 Å². The summed E-state index contributed by atoms with van der Waals surface area (Å²) in [7, 11) is 0. The molecule has 1 aromatic carbocycles. The molecule has 42 heavy (non-hydrogen) atoms. The summed E-state index contributed by atoms with van der Waals surface area (Å²) in [6, 6.07) is 5.33. The number of amides is 2. The summed E-state index contributed by atoms with van der Waals surface area (Å²) in [6.07, 6.45) is 3.44. The first-order valence-corrected chi connectivity index (χ1v) is 13.4. The second-order valence-electron chi connectivity index (χ2n) is 10.2. The molecule has 0 radical (unpaired) electrons. The number of nitrogens with zero attached hydrogens (tertiary/aromatic N) is 4. The number of H-pyrrole nitrogens is 1. The minimum atomic E-state index is -2.74. The molecule has 0 atom stereocenters. The van der Waals surface area contributed by atoms with Gasteiger partial charge in [0.1, 0.15) is 11.3 Å². The summed E-state index contributed by atoms with van der Waals surface area (Å²) in [6.45, 7) is 8.46. The molecular weight excluding hydrogens is 550 g/mol. The first-order valence-electron chi connectivity index (χ1n) is 13.4. The molecule has 4 aromatic rings. The van der Waals surface area contributed by atoms with E-state index >= 15 is 0 Å². The van der Waals surface area contributed by atoms with Gasteiger partial charge in [-0.3, -0.25) is 14.3 Å². The predicted octanol–water partition coefficient (Wildman–Crippen LogP) is 4.63. The van der Waals surface area contributed by atoms with E-state index in [0.29, 0.717) is 47.9 Å². The van der Waals surface area contributed by atoms with Crippen LogP contribution in [-0.2, 0) is 15.9 Å². The highest BCUT2D eigenvalue weighted by Crippen LogP contribution is 2.31. The van der Waals surface area contributed by atoms with Crippen molar-refractivity contribution < 1.29 is 27.8 Å². The van der Waals surface area contributed by atoms with Gasteiger partial charge in [0.05, 0.1) is 25.1 Å². The molecule has 4 N–H and O–H groups in total. The smallest absolute Gasteiger partial charge is 0.407 e. The van der Waals surface area contributed by atoms with Gasteiger partial charge >= 0.3 is 6.09 Å². The molecule has 0 aliphatic heterocycles. The Morgan fingerprint density at radius 2 is 1.88 bits per heavy atom. The highest BCUT2D eigenvalue weighted by atomic mass is 19.3. The summed E-state index contributed by atoms with van der Waals surface area (Å²) in [4.78, 5) is 33.2. The Hall–Kier alpha value is -4.59. The molecule has 3 aromatic heterocycles. The van der Waals surface area contributed by atoms with Gasteiger partial charge in [-0.25, -0.2) is 23.5 Å². The van der Waals surface area contributed by atoms with Gasteiger partial charge in [-0.2, -0.15) is 5.10 Å². The van der Waals surface area contributed by atoms with Crippen molar-refractivity contribution in [3.8, 4) is 11.3 Å². The fourth-order valence-electron chi connectivity index (χ4n) is 4.17.